The Labute approximate surface area is 180 Å². The molecule has 0 atom stereocenters. The summed E-state index contributed by atoms with van der Waals surface area (Å²) in [5, 5.41) is 9.13. The molecule has 0 aliphatic carbocycles. The van der Waals surface area contributed by atoms with Crippen LogP contribution in [-0.4, -0.2) is 30.4 Å². The van der Waals surface area contributed by atoms with Gasteiger partial charge < -0.3 is 9.52 Å². The van der Waals surface area contributed by atoms with E-state index >= 15 is 0 Å². The van der Waals surface area contributed by atoms with Crippen molar-refractivity contribution in [3.8, 4) is 11.1 Å². The minimum Gasteiger partial charge on any atom is -0.474 e. The van der Waals surface area contributed by atoms with E-state index in [1.807, 2.05) is 23.8 Å². The van der Waals surface area contributed by atoms with Gasteiger partial charge in [-0.15, -0.1) is 0 Å². The maximum absolute atomic E-state index is 12.5. The van der Waals surface area contributed by atoms with Crippen LogP contribution < -0.4 is 4.72 Å². The number of amides is 1. The van der Waals surface area contributed by atoms with Crippen LogP contribution in [0.3, 0.4) is 0 Å². The lowest BCUT2D eigenvalue weighted by molar-refractivity contribution is -0.117. The number of aryl methyl sites for hydroxylation is 1. The van der Waals surface area contributed by atoms with Crippen LogP contribution in [0.5, 0.6) is 0 Å². The number of nitrogens with zero attached hydrogens (tertiary/aromatic N) is 1. The topological polar surface area (TPSA) is 127 Å². The molecule has 2 aromatic carbocycles. The Bertz CT molecular complexity index is 1210. The van der Waals surface area contributed by atoms with Crippen molar-refractivity contribution in [1.82, 2.24) is 9.71 Å². The lowest BCUT2D eigenvalue weighted by Gasteiger charge is -2.11. The van der Waals surface area contributed by atoms with E-state index in [2.05, 4.69) is 4.98 Å². The first-order valence-corrected chi connectivity index (χ1v) is 11.1. The average molecular weight is 442 g/mol. The van der Waals surface area contributed by atoms with E-state index in [9.17, 15) is 18.0 Å². The van der Waals surface area contributed by atoms with Crippen LogP contribution in [0.25, 0.3) is 11.1 Å². The first-order chi connectivity index (χ1) is 14.7. The normalized spacial score (nSPS) is 11.3. The van der Waals surface area contributed by atoms with Crippen LogP contribution in [0.1, 0.15) is 48.0 Å². The molecule has 0 saturated carbocycles. The van der Waals surface area contributed by atoms with Crippen molar-refractivity contribution in [2.45, 2.75) is 38.0 Å². The maximum Gasteiger partial charge on any atom is 0.392 e. The minimum atomic E-state index is -3.99. The zero-order valence-corrected chi connectivity index (χ0v) is 17.9. The van der Waals surface area contributed by atoms with Crippen LogP contribution in [0, 0.1) is 0 Å². The highest BCUT2D eigenvalue weighted by molar-refractivity contribution is 7.90. The summed E-state index contributed by atoms with van der Waals surface area (Å²) in [6.07, 6.45) is 1.76. The SMILES string of the molecule is CCCc1oc(C(=O)O)nc1Cc1ccc(-c2ccccc2S(=O)(=O)NC(C)=O)cc1. The van der Waals surface area contributed by atoms with Crippen molar-refractivity contribution in [2.24, 2.45) is 0 Å². The number of carbonyl (C=O) groups is 2. The molecule has 0 saturated heterocycles. The van der Waals surface area contributed by atoms with Gasteiger partial charge in [0.1, 0.15) is 5.76 Å². The van der Waals surface area contributed by atoms with Gasteiger partial charge in [-0.25, -0.2) is 22.9 Å². The number of benzene rings is 2. The molecule has 2 N–H and O–H groups in total. The molecule has 0 aliphatic rings. The molecule has 9 heteroatoms. The standard InChI is InChI=1S/C22H22N2O6S/c1-3-6-19-18(23-21(30-19)22(26)27)13-15-9-11-16(12-10-15)17-7-4-5-8-20(17)31(28,29)24-14(2)25/h4-5,7-12H,3,6,13H2,1-2H3,(H,24,25)(H,26,27). The molecule has 0 aliphatic heterocycles. The summed E-state index contributed by atoms with van der Waals surface area (Å²) in [6, 6.07) is 13.6. The molecule has 1 amide bonds. The molecular formula is C22H22N2O6S. The van der Waals surface area contributed by atoms with E-state index in [-0.39, 0.29) is 10.8 Å². The third kappa shape index (κ3) is 5.18. The van der Waals surface area contributed by atoms with Gasteiger partial charge in [-0.05, 0) is 23.6 Å². The second-order valence-electron chi connectivity index (χ2n) is 6.98. The van der Waals surface area contributed by atoms with E-state index in [0.717, 1.165) is 18.9 Å². The molecule has 3 rings (SSSR count). The van der Waals surface area contributed by atoms with Crippen molar-refractivity contribution in [2.75, 3.05) is 0 Å². The smallest absolute Gasteiger partial charge is 0.392 e. The number of carbonyl (C=O) groups excluding carboxylic acids is 1. The van der Waals surface area contributed by atoms with Gasteiger partial charge in [0.2, 0.25) is 5.91 Å². The molecule has 31 heavy (non-hydrogen) atoms. The molecule has 8 nitrogen and oxygen atoms in total. The fourth-order valence-electron chi connectivity index (χ4n) is 3.21. The van der Waals surface area contributed by atoms with E-state index in [4.69, 9.17) is 9.52 Å². The van der Waals surface area contributed by atoms with Crippen molar-refractivity contribution in [3.63, 3.8) is 0 Å². The molecule has 0 unspecified atom stereocenters. The fourth-order valence-corrected chi connectivity index (χ4v) is 4.44. The Morgan fingerprint density at radius 2 is 1.77 bits per heavy atom. The summed E-state index contributed by atoms with van der Waals surface area (Å²) in [7, 11) is -3.99. The number of carboxylic acid groups (broad SMARTS) is 1. The van der Waals surface area contributed by atoms with Crippen molar-refractivity contribution < 1.29 is 27.5 Å². The molecule has 1 aromatic heterocycles. The Morgan fingerprint density at radius 1 is 1.10 bits per heavy atom. The van der Waals surface area contributed by atoms with Gasteiger partial charge in [-0.3, -0.25) is 4.79 Å². The van der Waals surface area contributed by atoms with Crippen molar-refractivity contribution >= 4 is 21.9 Å². The molecule has 1 heterocycles. The number of hydrogen-bond acceptors (Lipinski definition) is 6. The highest BCUT2D eigenvalue weighted by Gasteiger charge is 2.21. The lowest BCUT2D eigenvalue weighted by Crippen LogP contribution is -2.28. The van der Waals surface area contributed by atoms with Crippen LogP contribution in [-0.2, 0) is 27.7 Å². The monoisotopic (exact) mass is 442 g/mol. The summed E-state index contributed by atoms with van der Waals surface area (Å²) in [5.74, 6) is -1.65. The van der Waals surface area contributed by atoms with Gasteiger partial charge in [0, 0.05) is 25.3 Å². The van der Waals surface area contributed by atoms with Gasteiger partial charge in [-0.1, -0.05) is 49.4 Å². The van der Waals surface area contributed by atoms with E-state index < -0.39 is 21.9 Å². The Balaban J connectivity index is 1.91. The molecule has 0 radical (unpaired) electrons. The number of carboxylic acids is 1. The van der Waals surface area contributed by atoms with E-state index in [1.54, 1.807) is 30.3 Å². The third-order valence-electron chi connectivity index (χ3n) is 4.53. The first-order valence-electron chi connectivity index (χ1n) is 9.65. The predicted molar refractivity (Wildman–Crippen MR) is 113 cm³/mol. The van der Waals surface area contributed by atoms with Gasteiger partial charge in [0.15, 0.2) is 0 Å². The summed E-state index contributed by atoms with van der Waals surface area (Å²) in [6.45, 7) is 3.11. The van der Waals surface area contributed by atoms with Crippen molar-refractivity contribution in [1.29, 1.82) is 0 Å². The zero-order valence-electron chi connectivity index (χ0n) is 17.1. The largest absolute Gasteiger partial charge is 0.474 e. The predicted octanol–water partition coefficient (Wildman–Crippen LogP) is 3.41. The second kappa shape index (κ2) is 9.13. The maximum atomic E-state index is 12.5. The number of oxazole rings is 1. The van der Waals surface area contributed by atoms with Crippen LogP contribution in [0.2, 0.25) is 0 Å². The quantitative estimate of drug-likeness (QED) is 0.547. The van der Waals surface area contributed by atoms with Gasteiger partial charge >= 0.3 is 11.9 Å². The van der Waals surface area contributed by atoms with E-state index in [1.165, 1.54) is 6.07 Å². The molecule has 0 fully saturated rings. The number of hydrogen-bond donors (Lipinski definition) is 2. The lowest BCUT2D eigenvalue weighted by atomic mass is 10.0. The van der Waals surface area contributed by atoms with E-state index in [0.29, 0.717) is 35.4 Å². The number of rotatable bonds is 8. The summed E-state index contributed by atoms with van der Waals surface area (Å²) in [4.78, 5) is 26.5. The summed E-state index contributed by atoms with van der Waals surface area (Å²) < 4.78 is 32.3. The number of nitrogens with one attached hydrogen (secondary N) is 1. The zero-order chi connectivity index (χ0) is 22.6. The summed E-state index contributed by atoms with van der Waals surface area (Å²) >= 11 is 0. The van der Waals surface area contributed by atoms with Gasteiger partial charge in [0.05, 0.1) is 10.6 Å². The average Bonchev–Trinajstić information content (AvgIpc) is 3.11. The Kier molecular flexibility index (Phi) is 6.55. The molecular weight excluding hydrogens is 420 g/mol. The van der Waals surface area contributed by atoms with Crippen LogP contribution >= 0.6 is 0 Å². The third-order valence-corrected chi connectivity index (χ3v) is 6.02. The second-order valence-corrected chi connectivity index (χ2v) is 8.63. The number of aromatic nitrogens is 1. The van der Waals surface area contributed by atoms with Gasteiger partial charge in [-0.2, -0.15) is 0 Å². The first kappa shape index (κ1) is 22.2. The van der Waals surface area contributed by atoms with Crippen LogP contribution in [0.15, 0.2) is 57.8 Å². The molecule has 0 spiro atoms. The molecule has 3 aromatic rings. The minimum absolute atomic E-state index is 0.00535. The van der Waals surface area contributed by atoms with Gasteiger partial charge in [0.25, 0.3) is 10.0 Å². The highest BCUT2D eigenvalue weighted by atomic mass is 32.2. The number of aromatic carboxylic acids is 1. The Morgan fingerprint density at radius 3 is 2.39 bits per heavy atom. The number of sulfonamides is 1. The molecule has 162 valence electrons. The Hall–Kier alpha value is -3.46. The summed E-state index contributed by atoms with van der Waals surface area (Å²) in [5.41, 5.74) is 2.56. The molecule has 0 bridgehead atoms. The fraction of sp³-hybridized carbons (Fsp3) is 0.227. The highest BCUT2D eigenvalue weighted by Crippen LogP contribution is 2.28. The van der Waals surface area contributed by atoms with Crippen LogP contribution in [0.4, 0.5) is 0 Å². The van der Waals surface area contributed by atoms with Crippen molar-refractivity contribution in [3.05, 3.63) is 71.4 Å².